The van der Waals surface area contributed by atoms with E-state index in [0.29, 0.717) is 5.71 Å². The van der Waals surface area contributed by atoms with Crippen molar-refractivity contribution < 1.29 is 14.6 Å². The van der Waals surface area contributed by atoms with Crippen molar-refractivity contribution in [3.05, 3.63) is 60.9 Å². The highest BCUT2D eigenvalue weighted by molar-refractivity contribution is 6.06. The highest BCUT2D eigenvalue weighted by atomic mass is 16.3. The highest BCUT2D eigenvalue weighted by Crippen LogP contribution is 2.44. The Kier molecular flexibility index (Phi) is 6.78. The predicted molar refractivity (Wildman–Crippen MR) is 146 cm³/mol. The molecule has 0 unspecified atom stereocenters. The van der Waals surface area contributed by atoms with Gasteiger partial charge in [-0.15, -0.1) is 0 Å². The van der Waals surface area contributed by atoms with Gasteiger partial charge >= 0.3 is 0 Å². The third kappa shape index (κ3) is 4.80. The summed E-state index contributed by atoms with van der Waals surface area (Å²) in [6.07, 6.45) is 2.78. The minimum atomic E-state index is -0.252. The fourth-order valence-corrected chi connectivity index (χ4v) is 5.51. The zero-order chi connectivity index (χ0) is 25.2. The number of nitrogens with zero attached hydrogens (tertiary/aromatic N) is 5. The summed E-state index contributed by atoms with van der Waals surface area (Å²) in [6, 6.07) is 18.9. The number of anilines is 2. The van der Waals surface area contributed by atoms with Gasteiger partial charge in [0.15, 0.2) is 0 Å². The van der Waals surface area contributed by atoms with Gasteiger partial charge in [-0.1, -0.05) is 30.3 Å². The monoisotopic (exact) mass is 499 g/mol. The van der Waals surface area contributed by atoms with E-state index in [1.165, 1.54) is 5.69 Å². The molecule has 6 rings (SSSR count). The summed E-state index contributed by atoms with van der Waals surface area (Å²) in [5, 5.41) is 20.2. The lowest BCUT2D eigenvalue weighted by Crippen LogP contribution is -2.47. The number of furan rings is 1. The van der Waals surface area contributed by atoms with E-state index < -0.39 is 0 Å². The number of β-amino-alcohol motifs (C(OH)–C–C–N with tert-alkyl or cyclic N) is 1. The van der Waals surface area contributed by atoms with Crippen molar-refractivity contribution in [1.82, 2.24) is 14.9 Å². The Bertz CT molecular complexity index is 1330. The Morgan fingerprint density at radius 2 is 1.54 bits per heavy atom. The van der Waals surface area contributed by atoms with E-state index >= 15 is 0 Å². The van der Waals surface area contributed by atoms with Gasteiger partial charge in [0.25, 0.3) is 0 Å². The minimum Gasteiger partial charge on any atom is -0.437 e. The van der Waals surface area contributed by atoms with Gasteiger partial charge in [-0.2, -0.15) is 0 Å². The van der Waals surface area contributed by atoms with E-state index in [9.17, 15) is 10.2 Å². The molecule has 0 radical (unpaired) electrons. The first-order valence-electron chi connectivity index (χ1n) is 13.2. The third-order valence-electron chi connectivity index (χ3n) is 7.58. The van der Waals surface area contributed by atoms with Gasteiger partial charge in [0, 0.05) is 62.6 Å². The van der Waals surface area contributed by atoms with Crippen molar-refractivity contribution in [2.24, 2.45) is 0 Å². The molecular formula is C29H33N5O3. The van der Waals surface area contributed by atoms with Gasteiger partial charge < -0.3 is 24.4 Å². The van der Waals surface area contributed by atoms with Crippen molar-refractivity contribution in [2.45, 2.75) is 18.9 Å². The molecule has 8 nitrogen and oxygen atoms in total. The topological polar surface area (TPSA) is 89.1 Å². The van der Waals surface area contributed by atoms with E-state index in [2.05, 4.69) is 56.1 Å². The average Bonchev–Trinajstić information content (AvgIpc) is 3.35. The van der Waals surface area contributed by atoms with Crippen LogP contribution < -0.4 is 9.80 Å². The van der Waals surface area contributed by atoms with Crippen molar-refractivity contribution >= 4 is 22.6 Å². The molecule has 0 aliphatic carbocycles. The predicted octanol–water partition coefficient (Wildman–Crippen LogP) is 3.63. The number of benzene rings is 2. The van der Waals surface area contributed by atoms with Crippen LogP contribution >= 0.6 is 0 Å². The standard InChI is InChI=1S/C29H33N5O3/c35-19-18-32-14-16-33(17-15-32)23-8-6-22(7-9-23)27-25(21-4-2-1-3-5-21)26-28(30-20-31-29(26)37-27)34-12-10-24(36)11-13-34/h1-9,20,24,35-36H,10-19H2. The smallest absolute Gasteiger partial charge is 0.232 e. The molecule has 4 aromatic rings. The molecule has 2 aliphatic heterocycles. The van der Waals surface area contributed by atoms with Crippen LogP contribution in [0.2, 0.25) is 0 Å². The second kappa shape index (κ2) is 10.5. The second-order valence-corrected chi connectivity index (χ2v) is 9.87. The van der Waals surface area contributed by atoms with Crippen LogP contribution in [0.1, 0.15) is 12.8 Å². The van der Waals surface area contributed by atoms with Gasteiger partial charge in [-0.05, 0) is 42.7 Å². The van der Waals surface area contributed by atoms with Crippen LogP contribution in [-0.4, -0.2) is 83.6 Å². The van der Waals surface area contributed by atoms with Crippen LogP contribution in [0.3, 0.4) is 0 Å². The number of hydrogen-bond donors (Lipinski definition) is 2. The Labute approximate surface area is 216 Å². The zero-order valence-electron chi connectivity index (χ0n) is 21.0. The lowest BCUT2D eigenvalue weighted by atomic mass is 9.98. The van der Waals surface area contributed by atoms with E-state index in [1.807, 2.05) is 18.2 Å². The Hall–Kier alpha value is -3.46. The summed E-state index contributed by atoms with van der Waals surface area (Å²) < 4.78 is 6.45. The van der Waals surface area contributed by atoms with E-state index in [1.54, 1.807) is 6.33 Å². The number of hydrogen-bond acceptors (Lipinski definition) is 8. The van der Waals surface area contributed by atoms with Crippen LogP contribution in [-0.2, 0) is 0 Å². The molecule has 2 N–H and O–H groups in total. The Morgan fingerprint density at radius 1 is 0.811 bits per heavy atom. The molecule has 2 saturated heterocycles. The molecule has 2 aliphatic rings. The quantitative estimate of drug-likeness (QED) is 0.416. The number of fused-ring (bicyclic) bond motifs is 1. The lowest BCUT2D eigenvalue weighted by Gasteiger charge is -2.35. The lowest BCUT2D eigenvalue weighted by molar-refractivity contribution is 0.145. The van der Waals surface area contributed by atoms with Crippen LogP contribution in [0.5, 0.6) is 0 Å². The molecule has 192 valence electrons. The summed E-state index contributed by atoms with van der Waals surface area (Å²) in [7, 11) is 0. The second-order valence-electron chi connectivity index (χ2n) is 9.87. The molecular weight excluding hydrogens is 466 g/mol. The molecule has 0 saturated carbocycles. The molecule has 0 amide bonds. The molecule has 0 bridgehead atoms. The average molecular weight is 500 g/mol. The maximum Gasteiger partial charge on any atom is 0.232 e. The van der Waals surface area contributed by atoms with Gasteiger partial charge in [-0.25, -0.2) is 9.97 Å². The number of aliphatic hydroxyl groups excluding tert-OH is 2. The Balaban J connectivity index is 1.38. The van der Waals surface area contributed by atoms with Gasteiger partial charge in [-0.3, -0.25) is 4.90 Å². The van der Waals surface area contributed by atoms with Gasteiger partial charge in [0.05, 0.1) is 18.1 Å². The van der Waals surface area contributed by atoms with Crippen LogP contribution in [0.15, 0.2) is 65.3 Å². The first-order valence-corrected chi connectivity index (χ1v) is 13.2. The fraction of sp³-hybridized carbons (Fsp3) is 0.379. The normalized spacial score (nSPS) is 17.6. The van der Waals surface area contributed by atoms with E-state index in [0.717, 1.165) is 92.3 Å². The molecule has 0 spiro atoms. The minimum absolute atomic E-state index is 0.210. The van der Waals surface area contributed by atoms with Crippen LogP contribution in [0.4, 0.5) is 11.5 Å². The number of rotatable bonds is 6. The van der Waals surface area contributed by atoms with Crippen LogP contribution in [0.25, 0.3) is 33.6 Å². The van der Waals surface area contributed by atoms with Crippen LogP contribution in [0, 0.1) is 0 Å². The summed E-state index contributed by atoms with van der Waals surface area (Å²) in [4.78, 5) is 16.1. The van der Waals surface area contributed by atoms with E-state index in [4.69, 9.17) is 9.40 Å². The number of aliphatic hydroxyl groups is 2. The van der Waals surface area contributed by atoms with Gasteiger partial charge in [0.1, 0.15) is 17.9 Å². The summed E-state index contributed by atoms with van der Waals surface area (Å²) in [6.45, 7) is 6.26. The van der Waals surface area contributed by atoms with Crippen molar-refractivity contribution in [2.75, 3.05) is 62.2 Å². The highest BCUT2D eigenvalue weighted by Gasteiger charge is 2.27. The summed E-state index contributed by atoms with van der Waals surface area (Å²) in [5.74, 6) is 1.66. The number of piperazine rings is 1. The Morgan fingerprint density at radius 3 is 2.24 bits per heavy atom. The molecule has 2 aromatic carbocycles. The first-order chi connectivity index (χ1) is 18.2. The fourth-order valence-electron chi connectivity index (χ4n) is 5.51. The van der Waals surface area contributed by atoms with E-state index in [-0.39, 0.29) is 12.7 Å². The molecule has 2 fully saturated rings. The maximum atomic E-state index is 10.0. The molecule has 37 heavy (non-hydrogen) atoms. The number of aromatic nitrogens is 2. The van der Waals surface area contributed by atoms with Crippen molar-refractivity contribution in [3.63, 3.8) is 0 Å². The molecule has 0 atom stereocenters. The molecule has 4 heterocycles. The first kappa shape index (κ1) is 23.9. The zero-order valence-corrected chi connectivity index (χ0v) is 21.0. The van der Waals surface area contributed by atoms with Crippen molar-refractivity contribution in [1.29, 1.82) is 0 Å². The molecule has 8 heteroatoms. The third-order valence-corrected chi connectivity index (χ3v) is 7.58. The maximum absolute atomic E-state index is 10.0. The SMILES string of the molecule is OCCN1CCN(c2ccc(-c3oc4ncnc(N5CCC(O)CC5)c4c3-c3ccccc3)cc2)CC1. The van der Waals surface area contributed by atoms with Crippen molar-refractivity contribution in [3.8, 4) is 22.5 Å². The molecule has 2 aromatic heterocycles. The summed E-state index contributed by atoms with van der Waals surface area (Å²) in [5.41, 5.74) is 4.84. The number of piperidine rings is 1. The largest absolute Gasteiger partial charge is 0.437 e. The summed E-state index contributed by atoms with van der Waals surface area (Å²) >= 11 is 0. The van der Waals surface area contributed by atoms with Gasteiger partial charge in [0.2, 0.25) is 5.71 Å².